The summed E-state index contributed by atoms with van der Waals surface area (Å²) in [6, 6.07) is 11.6. The zero-order chi connectivity index (χ0) is 23.6. The Balaban J connectivity index is 1.68. The van der Waals surface area contributed by atoms with Crippen molar-refractivity contribution in [2.75, 3.05) is 24.0 Å². The number of benzene rings is 2. The highest BCUT2D eigenvalue weighted by atomic mass is 32.2. The van der Waals surface area contributed by atoms with Crippen LogP contribution in [0.5, 0.6) is 0 Å². The number of anilines is 1. The van der Waals surface area contributed by atoms with Crippen LogP contribution in [0, 0.1) is 6.92 Å². The van der Waals surface area contributed by atoms with Crippen molar-refractivity contribution in [2.45, 2.75) is 37.7 Å². The average Bonchev–Trinajstić information content (AvgIpc) is 3.32. The highest BCUT2D eigenvalue weighted by Gasteiger charge is 2.25. The van der Waals surface area contributed by atoms with Gasteiger partial charge in [-0.3, -0.25) is 13.9 Å². The number of pyridine rings is 1. The van der Waals surface area contributed by atoms with Crippen LogP contribution in [0.3, 0.4) is 0 Å². The first kappa shape index (κ1) is 23.0. The molecule has 2 heterocycles. The lowest BCUT2D eigenvalue weighted by atomic mass is 10.1. The summed E-state index contributed by atoms with van der Waals surface area (Å²) in [7, 11) is -3.92. The molecule has 0 aliphatic carbocycles. The number of nitrogens with zero attached hydrogens (tertiary/aromatic N) is 1. The molecule has 174 valence electrons. The molecule has 1 saturated heterocycles. The zero-order valence-corrected chi connectivity index (χ0v) is 19.4. The van der Waals surface area contributed by atoms with Gasteiger partial charge in [-0.25, -0.2) is 8.42 Å². The number of hydrogen-bond donors (Lipinski definition) is 2. The lowest BCUT2D eigenvalue weighted by molar-refractivity contribution is 0.0857. The maximum absolute atomic E-state index is 13.4. The number of carbonyl (C=O) groups is 1. The third-order valence-corrected chi connectivity index (χ3v) is 7.67. The second kappa shape index (κ2) is 9.36. The predicted molar refractivity (Wildman–Crippen MR) is 127 cm³/mol. The Hall–Kier alpha value is -3.17. The van der Waals surface area contributed by atoms with Crippen LogP contribution in [0.2, 0.25) is 0 Å². The molecular weight excluding hydrogens is 442 g/mol. The number of H-pyrrole nitrogens is 1. The van der Waals surface area contributed by atoms with Crippen LogP contribution in [0.1, 0.15) is 35.7 Å². The number of aromatic nitrogens is 1. The fourth-order valence-electron chi connectivity index (χ4n) is 4.04. The largest absolute Gasteiger partial charge is 0.376 e. The van der Waals surface area contributed by atoms with Crippen molar-refractivity contribution in [1.29, 1.82) is 0 Å². The molecule has 4 rings (SSSR count). The number of carbonyl (C=O) groups excluding carboxylic acids is 1. The summed E-state index contributed by atoms with van der Waals surface area (Å²) < 4.78 is 33.6. The Morgan fingerprint density at radius 1 is 1.24 bits per heavy atom. The van der Waals surface area contributed by atoms with Gasteiger partial charge in [-0.2, -0.15) is 0 Å². The van der Waals surface area contributed by atoms with Crippen molar-refractivity contribution in [3.8, 4) is 0 Å². The van der Waals surface area contributed by atoms with Crippen LogP contribution < -0.4 is 15.1 Å². The molecule has 8 nitrogen and oxygen atoms in total. The van der Waals surface area contributed by atoms with Gasteiger partial charge in [0.25, 0.3) is 15.9 Å². The molecule has 9 heteroatoms. The van der Waals surface area contributed by atoms with Crippen molar-refractivity contribution in [3.05, 3.63) is 70.0 Å². The smallest absolute Gasteiger partial charge is 0.264 e. The van der Waals surface area contributed by atoms with E-state index in [9.17, 15) is 18.0 Å². The minimum atomic E-state index is -3.92. The molecule has 0 spiro atoms. The number of hydrogen-bond acceptors (Lipinski definition) is 5. The highest BCUT2D eigenvalue weighted by Crippen LogP contribution is 2.25. The third-order valence-electron chi connectivity index (χ3n) is 5.78. The summed E-state index contributed by atoms with van der Waals surface area (Å²) in [5, 5.41) is 2.87. The summed E-state index contributed by atoms with van der Waals surface area (Å²) in [6.45, 7) is 4.87. The Bertz CT molecular complexity index is 1340. The fraction of sp³-hybridized carbons (Fsp3) is 0.333. The molecule has 0 radical (unpaired) electrons. The topological polar surface area (TPSA) is 109 Å². The van der Waals surface area contributed by atoms with E-state index in [1.165, 1.54) is 22.6 Å². The van der Waals surface area contributed by atoms with Gasteiger partial charge in [-0.1, -0.05) is 12.1 Å². The molecule has 1 atom stereocenters. The summed E-state index contributed by atoms with van der Waals surface area (Å²) in [6.07, 6.45) is 3.12. The van der Waals surface area contributed by atoms with Crippen LogP contribution in [-0.4, -0.2) is 45.1 Å². The summed E-state index contributed by atoms with van der Waals surface area (Å²) in [5.74, 6) is -0.517. The Morgan fingerprint density at radius 3 is 2.76 bits per heavy atom. The number of rotatable bonds is 7. The van der Waals surface area contributed by atoms with Crippen LogP contribution in [-0.2, 0) is 14.8 Å². The van der Waals surface area contributed by atoms with E-state index in [1.54, 1.807) is 31.2 Å². The van der Waals surface area contributed by atoms with Gasteiger partial charge >= 0.3 is 0 Å². The van der Waals surface area contributed by atoms with Crippen molar-refractivity contribution in [2.24, 2.45) is 0 Å². The predicted octanol–water partition coefficient (Wildman–Crippen LogP) is 2.96. The Kier molecular flexibility index (Phi) is 6.53. The molecule has 2 aromatic carbocycles. The van der Waals surface area contributed by atoms with Gasteiger partial charge in [0.05, 0.1) is 16.7 Å². The number of sulfonamides is 1. The second-order valence-corrected chi connectivity index (χ2v) is 9.96. The van der Waals surface area contributed by atoms with Gasteiger partial charge in [-0.05, 0) is 62.6 Å². The minimum absolute atomic E-state index is 0.0132. The molecule has 1 amide bonds. The van der Waals surface area contributed by atoms with Crippen LogP contribution in [0.15, 0.2) is 58.4 Å². The van der Waals surface area contributed by atoms with Crippen molar-refractivity contribution in [1.82, 2.24) is 10.3 Å². The number of nitrogens with one attached hydrogen (secondary N) is 2. The van der Waals surface area contributed by atoms with E-state index in [-0.39, 0.29) is 28.5 Å². The van der Waals surface area contributed by atoms with E-state index >= 15 is 0 Å². The first-order valence-electron chi connectivity index (χ1n) is 11.0. The molecule has 1 aromatic heterocycles. The lowest BCUT2D eigenvalue weighted by Gasteiger charge is -2.23. The first-order valence-corrected chi connectivity index (χ1v) is 12.4. The van der Waals surface area contributed by atoms with Gasteiger partial charge in [0, 0.05) is 36.8 Å². The summed E-state index contributed by atoms with van der Waals surface area (Å²) >= 11 is 0. The first-order chi connectivity index (χ1) is 15.8. The van der Waals surface area contributed by atoms with Gasteiger partial charge in [-0.15, -0.1) is 0 Å². The van der Waals surface area contributed by atoms with E-state index in [0.29, 0.717) is 24.4 Å². The van der Waals surface area contributed by atoms with Crippen LogP contribution >= 0.6 is 0 Å². The number of fused-ring (bicyclic) bond motifs is 1. The molecule has 0 saturated carbocycles. The monoisotopic (exact) mass is 469 g/mol. The Morgan fingerprint density at radius 2 is 2.06 bits per heavy atom. The summed E-state index contributed by atoms with van der Waals surface area (Å²) in [5.41, 5.74) is 1.35. The molecular formula is C24H27N3O5S. The highest BCUT2D eigenvalue weighted by molar-refractivity contribution is 7.92. The van der Waals surface area contributed by atoms with Gasteiger partial charge in [0.2, 0.25) is 5.43 Å². The summed E-state index contributed by atoms with van der Waals surface area (Å²) in [4.78, 5) is 28.6. The van der Waals surface area contributed by atoms with Gasteiger partial charge < -0.3 is 15.0 Å². The van der Waals surface area contributed by atoms with E-state index in [1.807, 2.05) is 13.0 Å². The van der Waals surface area contributed by atoms with Crippen LogP contribution in [0.4, 0.5) is 5.69 Å². The van der Waals surface area contributed by atoms with Gasteiger partial charge in [0.15, 0.2) is 0 Å². The van der Waals surface area contributed by atoms with E-state index in [2.05, 4.69) is 10.3 Å². The van der Waals surface area contributed by atoms with E-state index in [0.717, 1.165) is 18.4 Å². The molecule has 2 N–H and O–H groups in total. The number of aryl methyl sites for hydroxylation is 1. The van der Waals surface area contributed by atoms with Crippen molar-refractivity contribution in [3.63, 3.8) is 0 Å². The minimum Gasteiger partial charge on any atom is -0.376 e. The maximum Gasteiger partial charge on any atom is 0.264 e. The SMILES string of the molecule is CCN(c1cccc(C)c1)S(=O)(=O)c1ccc2[nH]cc(C(=O)NC[C@@H]3CCCO3)c(=O)c2c1. The number of amides is 1. The fourth-order valence-corrected chi connectivity index (χ4v) is 5.53. The Labute approximate surface area is 192 Å². The maximum atomic E-state index is 13.4. The molecule has 0 unspecified atom stereocenters. The standard InChI is InChI=1S/C24H27N3O5S/c1-3-27(17-7-4-6-16(2)12-17)33(30,31)19-9-10-22-20(13-19)23(28)21(15-25-22)24(29)26-14-18-8-5-11-32-18/h4,6-7,9-10,12-13,15,18H,3,5,8,11,14H2,1-2H3,(H,25,28)(H,26,29)/t18-/m0/s1. The number of aromatic amines is 1. The normalized spacial score (nSPS) is 16.1. The van der Waals surface area contributed by atoms with E-state index in [4.69, 9.17) is 4.74 Å². The van der Waals surface area contributed by atoms with Gasteiger partial charge in [0.1, 0.15) is 5.56 Å². The average molecular weight is 470 g/mol. The van der Waals surface area contributed by atoms with Crippen molar-refractivity contribution < 1.29 is 17.9 Å². The second-order valence-electron chi connectivity index (χ2n) is 8.09. The quantitative estimate of drug-likeness (QED) is 0.553. The third kappa shape index (κ3) is 4.65. The molecule has 3 aromatic rings. The molecule has 0 bridgehead atoms. The molecule has 1 fully saturated rings. The zero-order valence-electron chi connectivity index (χ0n) is 18.6. The molecule has 33 heavy (non-hydrogen) atoms. The van der Waals surface area contributed by atoms with E-state index < -0.39 is 21.4 Å². The van der Waals surface area contributed by atoms with Crippen molar-refractivity contribution >= 4 is 32.5 Å². The number of ether oxygens (including phenoxy) is 1. The lowest BCUT2D eigenvalue weighted by Crippen LogP contribution is -2.34. The molecule has 1 aliphatic heterocycles. The van der Waals surface area contributed by atoms with Crippen LogP contribution in [0.25, 0.3) is 10.9 Å². The molecule has 1 aliphatic rings.